The van der Waals surface area contributed by atoms with Crippen LogP contribution < -0.4 is 19.5 Å². The fourth-order valence-corrected chi connectivity index (χ4v) is 4.11. The van der Waals surface area contributed by atoms with Crippen LogP contribution in [0.25, 0.3) is 0 Å². The number of hydrogen-bond acceptors (Lipinski definition) is 5. The Kier molecular flexibility index (Phi) is 5.94. The summed E-state index contributed by atoms with van der Waals surface area (Å²) in [6.07, 6.45) is -0.0617. The van der Waals surface area contributed by atoms with Crippen LogP contribution >= 0.6 is 0 Å². The SMILES string of the molecule is O=C(NCCN1Cc2ccccc2O[C@H](c2ccccc2)C1)c1ccc2c(c1)OCCO2. The quantitative estimate of drug-likeness (QED) is 0.667. The summed E-state index contributed by atoms with van der Waals surface area (Å²) in [5, 5.41) is 3.03. The van der Waals surface area contributed by atoms with E-state index in [2.05, 4.69) is 28.4 Å². The zero-order valence-corrected chi connectivity index (χ0v) is 17.8. The van der Waals surface area contributed by atoms with E-state index in [-0.39, 0.29) is 12.0 Å². The maximum Gasteiger partial charge on any atom is 0.251 e. The van der Waals surface area contributed by atoms with Crippen LogP contribution in [0.15, 0.2) is 72.8 Å². The van der Waals surface area contributed by atoms with Gasteiger partial charge in [0, 0.05) is 37.3 Å². The molecule has 0 unspecified atom stereocenters. The lowest BCUT2D eigenvalue weighted by molar-refractivity contribution is 0.0942. The van der Waals surface area contributed by atoms with Crippen molar-refractivity contribution in [2.45, 2.75) is 12.6 Å². The van der Waals surface area contributed by atoms with Gasteiger partial charge in [0.25, 0.3) is 5.91 Å². The molecule has 3 aromatic carbocycles. The van der Waals surface area contributed by atoms with Gasteiger partial charge in [-0.2, -0.15) is 0 Å². The number of ether oxygens (including phenoxy) is 3. The maximum absolute atomic E-state index is 12.7. The zero-order valence-electron chi connectivity index (χ0n) is 17.8. The van der Waals surface area contributed by atoms with Crippen LogP contribution in [0.4, 0.5) is 0 Å². The van der Waals surface area contributed by atoms with Crippen LogP contribution in [0.2, 0.25) is 0 Å². The first kappa shape index (κ1) is 20.4. The number of fused-ring (bicyclic) bond motifs is 2. The van der Waals surface area contributed by atoms with Gasteiger partial charge in [0.2, 0.25) is 0 Å². The third kappa shape index (κ3) is 4.55. The minimum atomic E-state index is -0.118. The summed E-state index contributed by atoms with van der Waals surface area (Å²) in [6.45, 7) is 3.82. The molecule has 3 aromatic rings. The Bertz CT molecular complexity index is 1090. The van der Waals surface area contributed by atoms with Crippen LogP contribution in [0.3, 0.4) is 0 Å². The van der Waals surface area contributed by atoms with Crippen LogP contribution in [0, 0.1) is 0 Å². The molecule has 0 fully saturated rings. The summed E-state index contributed by atoms with van der Waals surface area (Å²) in [7, 11) is 0. The summed E-state index contributed by atoms with van der Waals surface area (Å²) in [4.78, 5) is 15.0. The molecule has 32 heavy (non-hydrogen) atoms. The normalized spacial score (nSPS) is 17.6. The number of para-hydroxylation sites is 1. The standard InChI is InChI=1S/C26H26N2O4/c29-26(20-10-11-23-24(16-20)31-15-14-30-23)27-12-13-28-17-21-8-4-5-9-22(21)32-25(18-28)19-6-2-1-3-7-19/h1-11,16,25H,12-15,17-18H2,(H,27,29)/t25-/m0/s1. The van der Waals surface area contributed by atoms with Crippen molar-refractivity contribution >= 4 is 5.91 Å². The Hall–Kier alpha value is -3.51. The Labute approximate surface area is 187 Å². The fraction of sp³-hybridized carbons (Fsp3) is 0.269. The second-order valence-corrected chi connectivity index (χ2v) is 7.97. The summed E-state index contributed by atoms with van der Waals surface area (Å²) >= 11 is 0. The van der Waals surface area contributed by atoms with Crippen molar-refractivity contribution in [3.8, 4) is 17.2 Å². The molecule has 2 aliphatic heterocycles. The molecule has 1 amide bonds. The monoisotopic (exact) mass is 430 g/mol. The van der Waals surface area contributed by atoms with Crippen molar-refractivity contribution in [3.05, 3.63) is 89.5 Å². The van der Waals surface area contributed by atoms with Crippen LogP contribution in [-0.2, 0) is 6.54 Å². The Morgan fingerprint density at radius 3 is 2.56 bits per heavy atom. The summed E-state index contributed by atoms with van der Waals surface area (Å²) < 4.78 is 17.5. The second kappa shape index (κ2) is 9.32. The van der Waals surface area contributed by atoms with E-state index in [1.165, 1.54) is 0 Å². The molecular weight excluding hydrogens is 404 g/mol. The predicted molar refractivity (Wildman–Crippen MR) is 121 cm³/mol. The van der Waals surface area contributed by atoms with Gasteiger partial charge in [-0.3, -0.25) is 9.69 Å². The Balaban J connectivity index is 1.24. The van der Waals surface area contributed by atoms with Gasteiger partial charge < -0.3 is 19.5 Å². The van der Waals surface area contributed by atoms with Gasteiger partial charge in [0.15, 0.2) is 11.5 Å². The van der Waals surface area contributed by atoms with Crippen molar-refractivity contribution in [1.29, 1.82) is 0 Å². The van der Waals surface area contributed by atoms with E-state index < -0.39 is 0 Å². The van der Waals surface area contributed by atoms with E-state index >= 15 is 0 Å². The molecule has 6 heteroatoms. The molecule has 5 rings (SSSR count). The summed E-state index contributed by atoms with van der Waals surface area (Å²) in [6, 6.07) is 23.7. The molecule has 1 N–H and O–H groups in total. The fourth-order valence-electron chi connectivity index (χ4n) is 4.11. The Morgan fingerprint density at radius 1 is 0.906 bits per heavy atom. The highest BCUT2D eigenvalue weighted by Gasteiger charge is 2.24. The average molecular weight is 431 g/mol. The highest BCUT2D eigenvalue weighted by molar-refractivity contribution is 5.94. The molecule has 0 aliphatic carbocycles. The maximum atomic E-state index is 12.7. The first-order valence-electron chi connectivity index (χ1n) is 11.0. The van der Waals surface area contributed by atoms with E-state index in [1.807, 2.05) is 36.4 Å². The lowest BCUT2D eigenvalue weighted by Crippen LogP contribution is -2.36. The highest BCUT2D eigenvalue weighted by atomic mass is 16.6. The van der Waals surface area contributed by atoms with E-state index in [0.717, 1.165) is 36.5 Å². The van der Waals surface area contributed by atoms with Crippen molar-refractivity contribution in [2.75, 3.05) is 32.8 Å². The van der Waals surface area contributed by atoms with Gasteiger partial charge in [0.1, 0.15) is 25.1 Å². The van der Waals surface area contributed by atoms with Gasteiger partial charge in [-0.15, -0.1) is 0 Å². The van der Waals surface area contributed by atoms with Crippen LogP contribution in [0.5, 0.6) is 17.2 Å². The predicted octanol–water partition coefficient (Wildman–Crippen LogP) is 3.82. The molecule has 2 aliphatic rings. The third-order valence-corrected chi connectivity index (χ3v) is 5.75. The number of nitrogens with zero attached hydrogens (tertiary/aromatic N) is 1. The molecule has 0 saturated heterocycles. The number of nitrogens with one attached hydrogen (secondary N) is 1. The van der Waals surface area contributed by atoms with Crippen molar-refractivity contribution in [3.63, 3.8) is 0 Å². The number of hydrogen-bond donors (Lipinski definition) is 1. The van der Waals surface area contributed by atoms with Gasteiger partial charge in [0.05, 0.1) is 0 Å². The minimum absolute atomic E-state index is 0.0617. The summed E-state index contributed by atoms with van der Waals surface area (Å²) in [5.74, 6) is 2.11. The van der Waals surface area contributed by atoms with Crippen molar-refractivity contribution in [1.82, 2.24) is 10.2 Å². The van der Waals surface area contributed by atoms with E-state index in [4.69, 9.17) is 14.2 Å². The van der Waals surface area contributed by atoms with Gasteiger partial charge in [-0.25, -0.2) is 0 Å². The topological polar surface area (TPSA) is 60.0 Å². The molecular formula is C26H26N2O4. The van der Waals surface area contributed by atoms with Crippen LogP contribution in [0.1, 0.15) is 27.6 Å². The molecule has 0 saturated carbocycles. The van der Waals surface area contributed by atoms with Gasteiger partial charge in [-0.05, 0) is 29.8 Å². The molecule has 164 valence electrons. The van der Waals surface area contributed by atoms with Gasteiger partial charge in [-0.1, -0.05) is 48.5 Å². The first-order chi connectivity index (χ1) is 15.8. The molecule has 0 spiro atoms. The van der Waals surface area contributed by atoms with Crippen LogP contribution in [-0.4, -0.2) is 43.7 Å². The third-order valence-electron chi connectivity index (χ3n) is 5.75. The molecule has 0 aromatic heterocycles. The van der Waals surface area contributed by atoms with E-state index in [0.29, 0.717) is 36.8 Å². The number of rotatable bonds is 5. The minimum Gasteiger partial charge on any atom is -0.486 e. The number of carbonyl (C=O) groups excluding carboxylic acids is 1. The zero-order chi connectivity index (χ0) is 21.8. The summed E-state index contributed by atoms with van der Waals surface area (Å²) in [5.41, 5.74) is 2.87. The number of amides is 1. The molecule has 0 radical (unpaired) electrons. The van der Waals surface area contributed by atoms with E-state index in [1.54, 1.807) is 18.2 Å². The van der Waals surface area contributed by atoms with E-state index in [9.17, 15) is 4.79 Å². The first-order valence-corrected chi connectivity index (χ1v) is 11.0. The number of carbonyl (C=O) groups is 1. The molecule has 0 bridgehead atoms. The molecule has 2 heterocycles. The van der Waals surface area contributed by atoms with Gasteiger partial charge >= 0.3 is 0 Å². The second-order valence-electron chi connectivity index (χ2n) is 7.97. The highest BCUT2D eigenvalue weighted by Crippen LogP contribution is 2.32. The Morgan fingerprint density at radius 2 is 1.69 bits per heavy atom. The van der Waals surface area contributed by atoms with Crippen molar-refractivity contribution < 1.29 is 19.0 Å². The molecule has 6 nitrogen and oxygen atoms in total. The average Bonchev–Trinajstić information content (AvgIpc) is 3.03. The smallest absolute Gasteiger partial charge is 0.251 e. The lowest BCUT2D eigenvalue weighted by Gasteiger charge is -2.24. The largest absolute Gasteiger partial charge is 0.486 e. The molecule has 1 atom stereocenters. The lowest BCUT2D eigenvalue weighted by atomic mass is 10.1. The number of benzene rings is 3. The van der Waals surface area contributed by atoms with Crippen molar-refractivity contribution in [2.24, 2.45) is 0 Å².